The minimum atomic E-state index is -0.672. The average Bonchev–Trinajstić information content (AvgIpc) is 2.65. The Morgan fingerprint density at radius 1 is 1.33 bits per heavy atom. The Hall–Kier alpha value is -1.22. The first-order valence-electron chi connectivity index (χ1n) is 7.77. The summed E-state index contributed by atoms with van der Waals surface area (Å²) in [6.45, 7) is 4.51. The Balaban J connectivity index is 2.21. The maximum atomic E-state index is 12.1. The second-order valence-electron chi connectivity index (χ2n) is 6.49. The third-order valence-corrected chi connectivity index (χ3v) is 5.11. The van der Waals surface area contributed by atoms with Gasteiger partial charge in [0.15, 0.2) is 0 Å². The summed E-state index contributed by atoms with van der Waals surface area (Å²) in [4.78, 5) is 12.1. The lowest BCUT2D eigenvalue weighted by Gasteiger charge is -2.32. The van der Waals surface area contributed by atoms with Crippen molar-refractivity contribution in [1.82, 2.24) is 0 Å². The smallest absolute Gasteiger partial charge is 0.243 e. The van der Waals surface area contributed by atoms with Crippen molar-refractivity contribution < 1.29 is 4.79 Å². The molecule has 2 unspecified atom stereocenters. The number of halogens is 1. The normalized spacial score (nSPS) is 26.4. The fourth-order valence-corrected chi connectivity index (χ4v) is 3.47. The molecule has 0 aromatic heterocycles. The molecule has 0 bridgehead atoms. The zero-order chi connectivity index (χ0) is 15.5. The molecule has 0 saturated heterocycles. The molecule has 1 saturated carbocycles. The summed E-state index contributed by atoms with van der Waals surface area (Å²) in [6.07, 6.45) is 4.76. The van der Waals surface area contributed by atoms with E-state index in [-0.39, 0.29) is 5.91 Å². The predicted octanol–water partition coefficient (Wildman–Crippen LogP) is 4.21. The highest BCUT2D eigenvalue weighted by Crippen LogP contribution is 2.37. The fraction of sp³-hybridized carbons (Fsp3) is 0.588. The maximum Gasteiger partial charge on any atom is 0.243 e. The third kappa shape index (κ3) is 3.70. The van der Waals surface area contributed by atoms with Gasteiger partial charge in [-0.3, -0.25) is 4.79 Å². The molecule has 1 amide bonds. The van der Waals surface area contributed by atoms with Gasteiger partial charge in [0, 0.05) is 0 Å². The third-order valence-electron chi connectivity index (χ3n) is 4.78. The number of anilines is 1. The first kappa shape index (κ1) is 16.2. The molecule has 3 N–H and O–H groups in total. The van der Waals surface area contributed by atoms with Gasteiger partial charge in [0.2, 0.25) is 5.91 Å². The highest BCUT2D eigenvalue weighted by molar-refractivity contribution is 6.33. The second-order valence-corrected chi connectivity index (χ2v) is 6.89. The Kier molecular flexibility index (Phi) is 5.15. The van der Waals surface area contributed by atoms with Crippen LogP contribution in [0.1, 0.15) is 46.0 Å². The van der Waals surface area contributed by atoms with Gasteiger partial charge in [-0.2, -0.15) is 0 Å². The Morgan fingerprint density at radius 3 is 2.67 bits per heavy atom. The summed E-state index contributed by atoms with van der Waals surface area (Å²) in [5, 5.41) is 3.98. The van der Waals surface area contributed by atoms with Crippen molar-refractivity contribution in [3.8, 4) is 0 Å². The highest BCUT2D eigenvalue weighted by atomic mass is 35.5. The van der Waals surface area contributed by atoms with Crippen molar-refractivity contribution in [2.45, 2.75) is 51.5 Å². The SMILES string of the molecule is CC(C)C1CCCC(Nc2ccccc2Cl)(C(N)=O)CC1. The molecule has 1 aliphatic carbocycles. The molecule has 2 atom stereocenters. The summed E-state index contributed by atoms with van der Waals surface area (Å²) in [7, 11) is 0. The van der Waals surface area contributed by atoms with Crippen LogP contribution in [0.4, 0.5) is 5.69 Å². The van der Waals surface area contributed by atoms with Gasteiger partial charge < -0.3 is 11.1 Å². The summed E-state index contributed by atoms with van der Waals surface area (Å²) >= 11 is 6.22. The van der Waals surface area contributed by atoms with E-state index in [1.807, 2.05) is 24.3 Å². The first-order valence-corrected chi connectivity index (χ1v) is 8.15. The van der Waals surface area contributed by atoms with Crippen LogP contribution in [0.2, 0.25) is 5.02 Å². The van der Waals surface area contributed by atoms with Crippen molar-refractivity contribution in [2.24, 2.45) is 17.6 Å². The number of nitrogens with one attached hydrogen (secondary N) is 1. The van der Waals surface area contributed by atoms with Gasteiger partial charge in [0.25, 0.3) is 0 Å². The van der Waals surface area contributed by atoms with Crippen molar-refractivity contribution in [3.05, 3.63) is 29.3 Å². The van der Waals surface area contributed by atoms with Crippen LogP contribution in [0.15, 0.2) is 24.3 Å². The van der Waals surface area contributed by atoms with E-state index < -0.39 is 5.54 Å². The van der Waals surface area contributed by atoms with E-state index in [1.165, 1.54) is 0 Å². The van der Waals surface area contributed by atoms with Crippen LogP contribution >= 0.6 is 11.6 Å². The Morgan fingerprint density at radius 2 is 2.05 bits per heavy atom. The number of hydrogen-bond donors (Lipinski definition) is 2. The number of hydrogen-bond acceptors (Lipinski definition) is 2. The quantitative estimate of drug-likeness (QED) is 0.819. The van der Waals surface area contributed by atoms with Gasteiger partial charge in [0.1, 0.15) is 5.54 Å². The summed E-state index contributed by atoms with van der Waals surface area (Å²) in [5.41, 5.74) is 5.87. The van der Waals surface area contributed by atoms with E-state index in [1.54, 1.807) is 0 Å². The molecule has 1 fully saturated rings. The topological polar surface area (TPSA) is 55.1 Å². The molecule has 1 aromatic carbocycles. The molecule has 0 heterocycles. The average molecular weight is 309 g/mol. The molecule has 3 nitrogen and oxygen atoms in total. The van der Waals surface area contributed by atoms with Gasteiger partial charge in [0.05, 0.1) is 10.7 Å². The molecule has 0 aliphatic heterocycles. The van der Waals surface area contributed by atoms with Crippen molar-refractivity contribution in [2.75, 3.05) is 5.32 Å². The lowest BCUT2D eigenvalue weighted by molar-refractivity contribution is -0.122. The summed E-state index contributed by atoms with van der Waals surface area (Å²) < 4.78 is 0. The lowest BCUT2D eigenvalue weighted by Crippen LogP contribution is -2.50. The van der Waals surface area contributed by atoms with E-state index in [9.17, 15) is 4.79 Å². The van der Waals surface area contributed by atoms with Crippen LogP contribution in [-0.2, 0) is 4.79 Å². The Labute approximate surface area is 132 Å². The number of carbonyl (C=O) groups is 1. The highest BCUT2D eigenvalue weighted by Gasteiger charge is 2.39. The van der Waals surface area contributed by atoms with E-state index in [0.717, 1.165) is 37.8 Å². The molecule has 4 heteroatoms. The molecular formula is C17H25ClN2O. The van der Waals surface area contributed by atoms with Crippen LogP contribution in [0.3, 0.4) is 0 Å². The molecule has 1 aliphatic rings. The first-order chi connectivity index (χ1) is 9.94. The standard InChI is InChI=1S/C17H25ClN2O/c1-12(2)13-6-5-10-17(11-9-13,16(19)21)20-15-8-4-3-7-14(15)18/h3-4,7-8,12-13,20H,5-6,9-11H2,1-2H3,(H2,19,21). The summed E-state index contributed by atoms with van der Waals surface area (Å²) in [5.74, 6) is 1.04. The number of carbonyl (C=O) groups excluding carboxylic acids is 1. The van der Waals surface area contributed by atoms with Gasteiger partial charge in [-0.25, -0.2) is 0 Å². The summed E-state index contributed by atoms with van der Waals surface area (Å²) in [6, 6.07) is 7.52. The van der Waals surface area contributed by atoms with E-state index in [0.29, 0.717) is 16.9 Å². The van der Waals surface area contributed by atoms with Crippen LogP contribution in [-0.4, -0.2) is 11.4 Å². The number of amides is 1. The van der Waals surface area contributed by atoms with E-state index in [4.69, 9.17) is 17.3 Å². The van der Waals surface area contributed by atoms with E-state index >= 15 is 0 Å². The fourth-order valence-electron chi connectivity index (χ4n) is 3.29. The minimum absolute atomic E-state index is 0.271. The molecule has 0 radical (unpaired) electrons. The number of primary amides is 1. The molecular weight excluding hydrogens is 284 g/mol. The van der Waals surface area contributed by atoms with E-state index in [2.05, 4.69) is 19.2 Å². The maximum absolute atomic E-state index is 12.1. The number of para-hydroxylation sites is 1. The van der Waals surface area contributed by atoms with Crippen LogP contribution in [0.5, 0.6) is 0 Å². The van der Waals surface area contributed by atoms with Gasteiger partial charge in [-0.1, -0.05) is 50.4 Å². The zero-order valence-corrected chi connectivity index (χ0v) is 13.6. The minimum Gasteiger partial charge on any atom is -0.370 e. The predicted molar refractivity (Wildman–Crippen MR) is 88.4 cm³/mol. The van der Waals surface area contributed by atoms with Crippen LogP contribution in [0.25, 0.3) is 0 Å². The van der Waals surface area contributed by atoms with Crippen molar-refractivity contribution in [1.29, 1.82) is 0 Å². The largest absolute Gasteiger partial charge is 0.370 e. The second kappa shape index (κ2) is 6.69. The molecule has 1 aromatic rings. The van der Waals surface area contributed by atoms with Gasteiger partial charge in [-0.05, 0) is 43.2 Å². The van der Waals surface area contributed by atoms with Gasteiger partial charge in [-0.15, -0.1) is 0 Å². The van der Waals surface area contributed by atoms with Gasteiger partial charge >= 0.3 is 0 Å². The van der Waals surface area contributed by atoms with Crippen LogP contribution in [0, 0.1) is 11.8 Å². The zero-order valence-electron chi connectivity index (χ0n) is 12.9. The number of benzene rings is 1. The monoisotopic (exact) mass is 308 g/mol. The molecule has 0 spiro atoms. The van der Waals surface area contributed by atoms with Crippen molar-refractivity contribution >= 4 is 23.2 Å². The van der Waals surface area contributed by atoms with Crippen molar-refractivity contribution in [3.63, 3.8) is 0 Å². The molecule has 21 heavy (non-hydrogen) atoms. The molecule has 116 valence electrons. The number of nitrogens with two attached hydrogens (primary N) is 1. The van der Waals surface area contributed by atoms with Crippen LogP contribution < -0.4 is 11.1 Å². The lowest BCUT2D eigenvalue weighted by atomic mass is 9.86. The molecule has 2 rings (SSSR count). The Bertz CT molecular complexity index is 503. The number of rotatable bonds is 4.